The van der Waals surface area contributed by atoms with Gasteiger partial charge in [-0.3, -0.25) is 14.5 Å². The van der Waals surface area contributed by atoms with Crippen molar-refractivity contribution >= 4 is 17.8 Å². The Kier molecular flexibility index (Phi) is 4.21. The highest BCUT2D eigenvalue weighted by molar-refractivity contribution is 6.09. The number of amides is 4. The van der Waals surface area contributed by atoms with Crippen molar-refractivity contribution < 1.29 is 14.4 Å². The maximum absolute atomic E-state index is 13.1. The molecule has 1 aromatic rings. The van der Waals surface area contributed by atoms with Crippen LogP contribution in [0.25, 0.3) is 0 Å². The highest BCUT2D eigenvalue weighted by Gasteiger charge is 2.52. The Hall–Kier alpha value is -2.37. The molecule has 4 amide bonds. The summed E-state index contributed by atoms with van der Waals surface area (Å²) in [5, 5.41) is 2.89. The number of carbonyl (C=O) groups is 3. The van der Waals surface area contributed by atoms with Gasteiger partial charge < -0.3 is 10.2 Å². The summed E-state index contributed by atoms with van der Waals surface area (Å²) in [5.41, 5.74) is 1.45. The second kappa shape index (κ2) is 6.41. The van der Waals surface area contributed by atoms with Gasteiger partial charge in [-0.05, 0) is 42.7 Å². The van der Waals surface area contributed by atoms with Gasteiger partial charge in [0.25, 0.3) is 5.91 Å². The van der Waals surface area contributed by atoms with Gasteiger partial charge >= 0.3 is 6.03 Å². The number of piperidine rings is 1. The van der Waals surface area contributed by atoms with Gasteiger partial charge in [-0.1, -0.05) is 31.2 Å². The van der Waals surface area contributed by atoms with Crippen LogP contribution in [0.1, 0.15) is 37.3 Å². The molecule has 2 unspecified atom stereocenters. The van der Waals surface area contributed by atoms with Crippen molar-refractivity contribution in [3.05, 3.63) is 35.4 Å². The van der Waals surface area contributed by atoms with Gasteiger partial charge in [0.05, 0.1) is 0 Å². The number of carbonyl (C=O) groups excluding carboxylic acids is 3. The molecular formula is C20H25N3O3. The van der Waals surface area contributed by atoms with Gasteiger partial charge in [-0.15, -0.1) is 0 Å². The fourth-order valence-corrected chi connectivity index (χ4v) is 4.50. The Labute approximate surface area is 153 Å². The first-order valence-corrected chi connectivity index (χ1v) is 9.47. The van der Waals surface area contributed by atoms with E-state index in [0.717, 1.165) is 29.7 Å². The molecule has 0 aromatic heterocycles. The zero-order valence-corrected chi connectivity index (χ0v) is 15.2. The number of rotatable bonds is 2. The average molecular weight is 355 g/mol. The normalized spacial score (nSPS) is 28.3. The Balaban J connectivity index is 1.49. The molecule has 1 N–H and O–H groups in total. The molecule has 0 radical (unpaired) electrons. The molecule has 26 heavy (non-hydrogen) atoms. The molecule has 3 aliphatic rings. The predicted molar refractivity (Wildman–Crippen MR) is 96.4 cm³/mol. The number of urea groups is 1. The van der Waals surface area contributed by atoms with Crippen molar-refractivity contribution in [2.24, 2.45) is 5.92 Å². The minimum absolute atomic E-state index is 0.131. The van der Waals surface area contributed by atoms with Crippen LogP contribution in [-0.4, -0.2) is 52.8 Å². The molecule has 4 rings (SSSR count). The van der Waals surface area contributed by atoms with Crippen molar-refractivity contribution in [1.29, 1.82) is 0 Å². The molecule has 0 bridgehead atoms. The fourth-order valence-electron chi connectivity index (χ4n) is 4.50. The van der Waals surface area contributed by atoms with E-state index in [-0.39, 0.29) is 18.4 Å². The summed E-state index contributed by atoms with van der Waals surface area (Å²) < 4.78 is 0. The number of aryl methyl sites for hydroxylation is 1. The lowest BCUT2D eigenvalue weighted by molar-refractivity contribution is -0.140. The van der Waals surface area contributed by atoms with Crippen molar-refractivity contribution in [2.75, 3.05) is 19.6 Å². The molecule has 1 aliphatic carbocycles. The highest BCUT2D eigenvalue weighted by Crippen LogP contribution is 2.33. The summed E-state index contributed by atoms with van der Waals surface area (Å²) in [7, 11) is 0. The summed E-state index contributed by atoms with van der Waals surface area (Å²) in [4.78, 5) is 41.1. The third kappa shape index (κ3) is 2.87. The smallest absolute Gasteiger partial charge is 0.325 e. The van der Waals surface area contributed by atoms with Crippen LogP contribution in [0.4, 0.5) is 4.79 Å². The molecule has 2 saturated heterocycles. The Morgan fingerprint density at radius 2 is 2.04 bits per heavy atom. The quantitative estimate of drug-likeness (QED) is 0.822. The molecule has 1 spiro atoms. The summed E-state index contributed by atoms with van der Waals surface area (Å²) in [6.07, 6.45) is 3.94. The second-order valence-corrected chi connectivity index (χ2v) is 7.94. The Morgan fingerprint density at radius 3 is 2.81 bits per heavy atom. The summed E-state index contributed by atoms with van der Waals surface area (Å²) in [6.45, 7) is 3.40. The van der Waals surface area contributed by atoms with E-state index in [9.17, 15) is 14.4 Å². The van der Waals surface area contributed by atoms with Crippen molar-refractivity contribution in [3.8, 4) is 0 Å². The van der Waals surface area contributed by atoms with Crippen LogP contribution in [0.2, 0.25) is 0 Å². The number of hydrogen-bond acceptors (Lipinski definition) is 3. The van der Waals surface area contributed by atoms with Crippen molar-refractivity contribution in [3.63, 3.8) is 0 Å². The zero-order chi connectivity index (χ0) is 18.3. The van der Waals surface area contributed by atoms with Gasteiger partial charge in [0, 0.05) is 19.5 Å². The van der Waals surface area contributed by atoms with E-state index in [4.69, 9.17) is 0 Å². The lowest BCUT2D eigenvalue weighted by Crippen LogP contribution is -2.52. The fraction of sp³-hybridized carbons (Fsp3) is 0.550. The summed E-state index contributed by atoms with van der Waals surface area (Å²) in [6, 6.07) is 7.60. The maximum atomic E-state index is 13.1. The lowest BCUT2D eigenvalue weighted by atomic mass is 9.78. The zero-order valence-electron chi connectivity index (χ0n) is 15.2. The molecule has 2 atom stereocenters. The van der Waals surface area contributed by atoms with Crippen LogP contribution < -0.4 is 5.32 Å². The number of benzene rings is 1. The minimum atomic E-state index is -0.888. The van der Waals surface area contributed by atoms with E-state index in [1.54, 1.807) is 4.90 Å². The monoisotopic (exact) mass is 355 g/mol. The van der Waals surface area contributed by atoms with Crippen LogP contribution in [0.3, 0.4) is 0 Å². The molecule has 138 valence electrons. The highest BCUT2D eigenvalue weighted by atomic mass is 16.2. The number of imide groups is 1. The van der Waals surface area contributed by atoms with Gasteiger partial charge in [0.15, 0.2) is 0 Å². The van der Waals surface area contributed by atoms with Crippen LogP contribution in [0.15, 0.2) is 24.3 Å². The molecule has 1 aromatic carbocycles. The third-order valence-corrected chi connectivity index (χ3v) is 5.98. The van der Waals surface area contributed by atoms with Gasteiger partial charge in [-0.2, -0.15) is 0 Å². The number of fused-ring (bicyclic) bond motifs is 1. The minimum Gasteiger partial charge on any atom is -0.341 e. The maximum Gasteiger partial charge on any atom is 0.325 e. The standard InChI is InChI=1S/C20H25N3O3/c1-14-5-4-10-22(12-14)17(24)13-23-18(25)20(21-19(23)26)9-8-15-6-2-3-7-16(15)11-20/h2-3,6-7,14H,4-5,8-13H2,1H3,(H,21,26). The molecule has 2 aliphatic heterocycles. The number of likely N-dealkylation sites (tertiary alicyclic amines) is 1. The van der Waals surface area contributed by atoms with Gasteiger partial charge in [0.2, 0.25) is 5.91 Å². The molecule has 2 fully saturated rings. The first-order chi connectivity index (χ1) is 12.5. The van der Waals surface area contributed by atoms with E-state index < -0.39 is 11.6 Å². The largest absolute Gasteiger partial charge is 0.341 e. The van der Waals surface area contributed by atoms with E-state index in [2.05, 4.69) is 18.3 Å². The lowest BCUT2D eigenvalue weighted by Gasteiger charge is -2.33. The van der Waals surface area contributed by atoms with Gasteiger partial charge in [0.1, 0.15) is 12.1 Å². The van der Waals surface area contributed by atoms with Crippen LogP contribution in [-0.2, 0) is 22.4 Å². The third-order valence-electron chi connectivity index (χ3n) is 5.98. The van der Waals surface area contributed by atoms with Crippen LogP contribution in [0, 0.1) is 5.92 Å². The average Bonchev–Trinajstić information content (AvgIpc) is 2.85. The Morgan fingerprint density at radius 1 is 1.27 bits per heavy atom. The summed E-state index contributed by atoms with van der Waals surface area (Å²) in [5.74, 6) is 0.0840. The molecular weight excluding hydrogens is 330 g/mol. The molecule has 0 saturated carbocycles. The first kappa shape index (κ1) is 17.1. The van der Waals surface area contributed by atoms with E-state index in [0.29, 0.717) is 31.8 Å². The topological polar surface area (TPSA) is 69.7 Å². The SMILES string of the molecule is CC1CCCN(C(=O)CN2C(=O)NC3(CCc4ccccc4C3)C2=O)C1. The van der Waals surface area contributed by atoms with E-state index in [1.165, 1.54) is 5.56 Å². The van der Waals surface area contributed by atoms with Crippen LogP contribution in [0.5, 0.6) is 0 Å². The second-order valence-electron chi connectivity index (χ2n) is 7.94. The molecule has 2 heterocycles. The number of nitrogens with zero attached hydrogens (tertiary/aromatic N) is 2. The van der Waals surface area contributed by atoms with Crippen LogP contribution >= 0.6 is 0 Å². The van der Waals surface area contributed by atoms with Crippen molar-refractivity contribution in [2.45, 2.75) is 44.6 Å². The first-order valence-electron chi connectivity index (χ1n) is 9.47. The molecule has 6 heteroatoms. The van der Waals surface area contributed by atoms with E-state index in [1.807, 2.05) is 18.2 Å². The van der Waals surface area contributed by atoms with E-state index >= 15 is 0 Å². The van der Waals surface area contributed by atoms with Crippen molar-refractivity contribution in [1.82, 2.24) is 15.1 Å². The molecule has 6 nitrogen and oxygen atoms in total. The number of hydrogen-bond donors (Lipinski definition) is 1. The Bertz CT molecular complexity index is 762. The number of nitrogens with one attached hydrogen (secondary N) is 1. The predicted octanol–water partition coefficient (Wildman–Crippen LogP) is 1.72. The summed E-state index contributed by atoms with van der Waals surface area (Å²) >= 11 is 0. The van der Waals surface area contributed by atoms with Gasteiger partial charge in [-0.25, -0.2) is 4.79 Å².